The Balaban J connectivity index is 0.000000750. The quantitative estimate of drug-likeness (QED) is 0.685. The normalized spacial score (nSPS) is 28.3. The van der Waals surface area contributed by atoms with Crippen molar-refractivity contribution in [2.45, 2.75) is 18.4 Å². The molecule has 2 aliphatic heterocycles. The van der Waals surface area contributed by atoms with Crippen molar-refractivity contribution in [3.63, 3.8) is 0 Å². The Bertz CT molecular complexity index is 327. The topological polar surface area (TPSA) is 24.1 Å². The Labute approximate surface area is 90.5 Å². The summed E-state index contributed by atoms with van der Waals surface area (Å²) in [7, 11) is 0. The van der Waals surface area contributed by atoms with Crippen LogP contribution in [0, 0.1) is 0 Å². The maximum Gasteiger partial charge on any atom is 0.0379 e. The molecule has 0 amide bonds. The van der Waals surface area contributed by atoms with E-state index in [0.717, 1.165) is 13.1 Å². The third-order valence-electron chi connectivity index (χ3n) is 3.18. The Morgan fingerprint density at radius 3 is 3.00 bits per heavy atom. The molecule has 2 N–H and O–H groups in total. The number of para-hydroxylation sites is 1. The van der Waals surface area contributed by atoms with Crippen LogP contribution in [0.15, 0.2) is 24.3 Å². The van der Waals surface area contributed by atoms with Gasteiger partial charge in [0.25, 0.3) is 0 Å². The molecule has 1 fully saturated rings. The molecule has 3 heteroatoms. The van der Waals surface area contributed by atoms with E-state index in [-0.39, 0.29) is 12.4 Å². The van der Waals surface area contributed by atoms with E-state index in [9.17, 15) is 0 Å². The molecule has 0 unspecified atom stereocenters. The fourth-order valence-electron chi connectivity index (χ4n) is 2.51. The van der Waals surface area contributed by atoms with Gasteiger partial charge in [-0.05, 0) is 24.6 Å². The summed E-state index contributed by atoms with van der Waals surface area (Å²) in [5, 5.41) is 7.05. The van der Waals surface area contributed by atoms with Crippen molar-refractivity contribution in [2.24, 2.45) is 0 Å². The average molecular weight is 211 g/mol. The van der Waals surface area contributed by atoms with Crippen molar-refractivity contribution in [3.05, 3.63) is 29.8 Å². The molecule has 76 valence electrons. The van der Waals surface area contributed by atoms with Gasteiger partial charge in [0.2, 0.25) is 0 Å². The molecule has 1 saturated heterocycles. The van der Waals surface area contributed by atoms with Crippen molar-refractivity contribution >= 4 is 18.1 Å². The number of anilines is 1. The minimum Gasteiger partial charge on any atom is -0.381 e. The van der Waals surface area contributed by atoms with Crippen LogP contribution in [0.4, 0.5) is 5.69 Å². The minimum atomic E-state index is 0. The molecule has 0 radical (unpaired) electrons. The van der Waals surface area contributed by atoms with E-state index in [1.165, 1.54) is 17.7 Å². The van der Waals surface area contributed by atoms with Gasteiger partial charge < -0.3 is 10.6 Å². The first kappa shape index (κ1) is 9.81. The highest BCUT2D eigenvalue weighted by atomic mass is 35.5. The molecule has 1 aromatic rings. The summed E-state index contributed by atoms with van der Waals surface area (Å²) in [6.07, 6.45) is 1.25. The molecule has 0 bridgehead atoms. The number of halogens is 1. The second-order valence-electron chi connectivity index (χ2n) is 3.94. The van der Waals surface area contributed by atoms with E-state index in [2.05, 4.69) is 34.9 Å². The Hall–Kier alpha value is -0.730. The molecule has 0 saturated carbocycles. The lowest BCUT2D eigenvalue weighted by Gasteiger charge is -2.26. The van der Waals surface area contributed by atoms with E-state index in [0.29, 0.717) is 12.0 Å². The van der Waals surface area contributed by atoms with E-state index in [1.54, 1.807) is 0 Å². The molecule has 2 heterocycles. The summed E-state index contributed by atoms with van der Waals surface area (Å²) in [4.78, 5) is 0. The van der Waals surface area contributed by atoms with Crippen molar-refractivity contribution in [3.8, 4) is 0 Å². The van der Waals surface area contributed by atoms with E-state index in [4.69, 9.17) is 0 Å². The number of nitrogens with one attached hydrogen (secondary N) is 2. The van der Waals surface area contributed by atoms with Gasteiger partial charge in [-0.3, -0.25) is 0 Å². The molecule has 2 aliphatic rings. The number of hydrogen-bond donors (Lipinski definition) is 2. The number of piperidine rings is 1. The molecular formula is C11H15ClN2. The maximum atomic E-state index is 3.60. The predicted octanol–water partition coefficient (Wildman–Crippen LogP) is 1.98. The van der Waals surface area contributed by atoms with Crippen LogP contribution < -0.4 is 10.6 Å². The van der Waals surface area contributed by atoms with Crippen LogP contribution in [0.3, 0.4) is 0 Å². The Morgan fingerprint density at radius 1 is 1.21 bits per heavy atom. The highest BCUT2D eigenvalue weighted by molar-refractivity contribution is 5.85. The lowest BCUT2D eigenvalue weighted by Crippen LogP contribution is -2.38. The van der Waals surface area contributed by atoms with E-state index in [1.807, 2.05) is 0 Å². The van der Waals surface area contributed by atoms with Gasteiger partial charge in [0.05, 0.1) is 0 Å². The predicted molar refractivity (Wildman–Crippen MR) is 61.3 cm³/mol. The molecule has 0 aromatic heterocycles. The van der Waals surface area contributed by atoms with Gasteiger partial charge in [-0.2, -0.15) is 0 Å². The molecule has 0 aliphatic carbocycles. The van der Waals surface area contributed by atoms with Crippen LogP contribution in [0.25, 0.3) is 0 Å². The van der Waals surface area contributed by atoms with Crippen molar-refractivity contribution < 1.29 is 0 Å². The number of benzene rings is 1. The summed E-state index contributed by atoms with van der Waals surface area (Å²) in [5.41, 5.74) is 2.85. The van der Waals surface area contributed by atoms with Gasteiger partial charge in [0.15, 0.2) is 0 Å². The van der Waals surface area contributed by atoms with Crippen LogP contribution in [-0.4, -0.2) is 19.1 Å². The fraction of sp³-hybridized carbons (Fsp3) is 0.455. The fourth-order valence-corrected chi connectivity index (χ4v) is 2.51. The van der Waals surface area contributed by atoms with Crippen LogP contribution in [0.2, 0.25) is 0 Å². The highest BCUT2D eigenvalue weighted by Gasteiger charge is 2.33. The summed E-state index contributed by atoms with van der Waals surface area (Å²) in [6.45, 7) is 2.29. The highest BCUT2D eigenvalue weighted by Crippen LogP contribution is 2.37. The second kappa shape index (κ2) is 3.79. The van der Waals surface area contributed by atoms with Crippen molar-refractivity contribution in [2.75, 3.05) is 18.4 Å². The van der Waals surface area contributed by atoms with Gasteiger partial charge >= 0.3 is 0 Å². The van der Waals surface area contributed by atoms with Gasteiger partial charge in [0.1, 0.15) is 0 Å². The largest absolute Gasteiger partial charge is 0.381 e. The summed E-state index contributed by atoms with van der Waals surface area (Å²) in [6, 6.07) is 9.36. The first-order valence-electron chi connectivity index (χ1n) is 5.01. The molecule has 1 aromatic carbocycles. The van der Waals surface area contributed by atoms with Crippen LogP contribution in [0.5, 0.6) is 0 Å². The van der Waals surface area contributed by atoms with Crippen LogP contribution in [0.1, 0.15) is 17.9 Å². The molecule has 2 atom stereocenters. The lowest BCUT2D eigenvalue weighted by molar-refractivity contribution is 0.440. The number of fused-ring (bicyclic) bond motifs is 3. The monoisotopic (exact) mass is 210 g/mol. The van der Waals surface area contributed by atoms with Crippen molar-refractivity contribution in [1.29, 1.82) is 0 Å². The molecule has 2 nitrogen and oxygen atoms in total. The molecule has 14 heavy (non-hydrogen) atoms. The molecular weight excluding hydrogens is 196 g/mol. The van der Waals surface area contributed by atoms with Gasteiger partial charge in [-0.15, -0.1) is 12.4 Å². The third-order valence-corrected chi connectivity index (χ3v) is 3.18. The van der Waals surface area contributed by atoms with Crippen LogP contribution in [-0.2, 0) is 0 Å². The first-order chi connectivity index (χ1) is 6.45. The van der Waals surface area contributed by atoms with E-state index >= 15 is 0 Å². The lowest BCUT2D eigenvalue weighted by atomic mass is 9.91. The van der Waals surface area contributed by atoms with Crippen LogP contribution >= 0.6 is 12.4 Å². The first-order valence-corrected chi connectivity index (χ1v) is 5.01. The van der Waals surface area contributed by atoms with Gasteiger partial charge in [-0.25, -0.2) is 0 Å². The summed E-state index contributed by atoms with van der Waals surface area (Å²) >= 11 is 0. The molecule has 3 rings (SSSR count). The third kappa shape index (κ3) is 1.39. The number of hydrogen-bond acceptors (Lipinski definition) is 2. The SMILES string of the molecule is Cl.c1ccc2c(c1)N[C@H]1CCNC[C@@H]21. The second-order valence-corrected chi connectivity index (χ2v) is 3.94. The van der Waals surface area contributed by atoms with Gasteiger partial charge in [0, 0.05) is 24.2 Å². The summed E-state index contributed by atoms with van der Waals surface area (Å²) < 4.78 is 0. The van der Waals surface area contributed by atoms with Gasteiger partial charge in [-0.1, -0.05) is 18.2 Å². The number of rotatable bonds is 0. The van der Waals surface area contributed by atoms with Crippen molar-refractivity contribution in [1.82, 2.24) is 5.32 Å². The standard InChI is InChI=1S/C11H14N2.ClH/c1-2-4-10-8(3-1)9-7-12-6-5-11(9)13-10;/h1-4,9,11-13H,5-7H2;1H/t9-,11-;/m0./s1. The Kier molecular flexibility index (Phi) is 2.66. The average Bonchev–Trinajstić information content (AvgIpc) is 2.56. The summed E-state index contributed by atoms with van der Waals surface area (Å²) in [5.74, 6) is 0.699. The smallest absolute Gasteiger partial charge is 0.0379 e. The Morgan fingerprint density at radius 2 is 2.07 bits per heavy atom. The molecule has 0 spiro atoms. The zero-order valence-corrected chi connectivity index (χ0v) is 8.81. The minimum absolute atomic E-state index is 0. The van der Waals surface area contributed by atoms with E-state index < -0.39 is 0 Å². The zero-order valence-electron chi connectivity index (χ0n) is 7.99. The zero-order chi connectivity index (χ0) is 8.67. The maximum absolute atomic E-state index is 3.60.